The molecule has 0 aromatic heterocycles. The van der Waals surface area contributed by atoms with Gasteiger partial charge in [-0.15, -0.1) is 0 Å². The summed E-state index contributed by atoms with van der Waals surface area (Å²) in [7, 11) is 0. The van der Waals surface area contributed by atoms with Gasteiger partial charge in [0.15, 0.2) is 0 Å². The lowest BCUT2D eigenvalue weighted by molar-refractivity contribution is -0.138. The van der Waals surface area contributed by atoms with Gasteiger partial charge in [-0.25, -0.2) is 0 Å². The number of amides is 2. The maximum absolute atomic E-state index is 11.9. The van der Waals surface area contributed by atoms with Crippen molar-refractivity contribution in [1.29, 1.82) is 0 Å². The monoisotopic (exact) mass is 238 g/mol. The van der Waals surface area contributed by atoms with Gasteiger partial charge in [0.2, 0.25) is 11.8 Å². The molecule has 1 aliphatic heterocycles. The Morgan fingerprint density at radius 3 is 2.71 bits per heavy atom. The number of likely N-dealkylation sites (tertiary alicyclic amines) is 1. The third-order valence-electron chi connectivity index (χ3n) is 3.49. The van der Waals surface area contributed by atoms with Crippen LogP contribution in [0.1, 0.15) is 39.5 Å². The Kier molecular flexibility index (Phi) is 3.69. The molecule has 1 aliphatic carbocycles. The van der Waals surface area contributed by atoms with Crippen molar-refractivity contribution in [3.05, 3.63) is 0 Å². The molecule has 17 heavy (non-hydrogen) atoms. The first-order valence-corrected chi connectivity index (χ1v) is 6.65. The summed E-state index contributed by atoms with van der Waals surface area (Å²) in [5.41, 5.74) is 0. The molecule has 1 N–H and O–H groups in total. The van der Waals surface area contributed by atoms with Gasteiger partial charge in [0.25, 0.3) is 0 Å². The molecular weight excluding hydrogens is 216 g/mol. The Morgan fingerprint density at radius 1 is 1.41 bits per heavy atom. The largest absolute Gasteiger partial charge is 0.356 e. The topological polar surface area (TPSA) is 49.4 Å². The Bertz CT molecular complexity index is 311. The van der Waals surface area contributed by atoms with E-state index in [9.17, 15) is 9.59 Å². The molecule has 2 aliphatic rings. The van der Waals surface area contributed by atoms with Crippen molar-refractivity contribution in [2.75, 3.05) is 13.1 Å². The highest BCUT2D eigenvalue weighted by molar-refractivity contribution is 5.84. The van der Waals surface area contributed by atoms with Gasteiger partial charge in [0, 0.05) is 25.6 Å². The molecule has 1 saturated heterocycles. The van der Waals surface area contributed by atoms with Gasteiger partial charge >= 0.3 is 0 Å². The number of carbonyl (C=O) groups excluding carboxylic acids is 2. The second kappa shape index (κ2) is 5.07. The summed E-state index contributed by atoms with van der Waals surface area (Å²) in [5, 5.41) is 2.97. The van der Waals surface area contributed by atoms with Crippen LogP contribution >= 0.6 is 0 Å². The number of rotatable bonds is 4. The Balaban J connectivity index is 1.84. The van der Waals surface area contributed by atoms with Crippen LogP contribution < -0.4 is 5.32 Å². The van der Waals surface area contributed by atoms with E-state index in [2.05, 4.69) is 19.2 Å². The zero-order valence-electron chi connectivity index (χ0n) is 10.7. The summed E-state index contributed by atoms with van der Waals surface area (Å²) in [6.07, 6.45) is 3.49. The van der Waals surface area contributed by atoms with Gasteiger partial charge < -0.3 is 10.2 Å². The molecule has 0 radical (unpaired) electrons. The fourth-order valence-corrected chi connectivity index (χ4v) is 2.27. The predicted molar refractivity (Wildman–Crippen MR) is 65.3 cm³/mol. The van der Waals surface area contributed by atoms with Crippen molar-refractivity contribution in [1.82, 2.24) is 10.2 Å². The fourth-order valence-electron chi connectivity index (χ4n) is 2.27. The Hall–Kier alpha value is -1.06. The highest BCUT2D eigenvalue weighted by atomic mass is 16.2. The van der Waals surface area contributed by atoms with Gasteiger partial charge in [0.1, 0.15) is 0 Å². The SMILES string of the molecule is CC(C)CNC(=O)[C@H]1CCC(=O)N(C2CC2)C1. The van der Waals surface area contributed by atoms with E-state index in [-0.39, 0.29) is 17.7 Å². The van der Waals surface area contributed by atoms with Crippen LogP contribution in [0, 0.1) is 11.8 Å². The van der Waals surface area contributed by atoms with E-state index in [0.29, 0.717) is 31.3 Å². The molecule has 0 bridgehead atoms. The van der Waals surface area contributed by atoms with Crippen molar-refractivity contribution in [3.63, 3.8) is 0 Å². The predicted octanol–water partition coefficient (Wildman–Crippen LogP) is 1.16. The van der Waals surface area contributed by atoms with E-state index in [1.807, 2.05) is 4.90 Å². The molecule has 1 heterocycles. The van der Waals surface area contributed by atoms with Crippen LogP contribution in [0.15, 0.2) is 0 Å². The smallest absolute Gasteiger partial charge is 0.224 e. The van der Waals surface area contributed by atoms with E-state index < -0.39 is 0 Å². The number of nitrogens with one attached hydrogen (secondary N) is 1. The lowest BCUT2D eigenvalue weighted by Gasteiger charge is -2.32. The standard InChI is InChI=1S/C13H22N2O2/c1-9(2)7-14-13(17)10-3-6-12(16)15(8-10)11-4-5-11/h9-11H,3-8H2,1-2H3,(H,14,17)/t10-/m0/s1. The highest BCUT2D eigenvalue weighted by Crippen LogP contribution is 2.31. The molecular formula is C13H22N2O2. The molecule has 2 fully saturated rings. The van der Waals surface area contributed by atoms with Crippen LogP contribution in [0.5, 0.6) is 0 Å². The molecule has 2 rings (SSSR count). The van der Waals surface area contributed by atoms with Gasteiger partial charge in [0.05, 0.1) is 5.92 Å². The maximum Gasteiger partial charge on any atom is 0.224 e. The van der Waals surface area contributed by atoms with E-state index in [0.717, 1.165) is 19.4 Å². The van der Waals surface area contributed by atoms with Crippen LogP contribution in [0.2, 0.25) is 0 Å². The molecule has 96 valence electrons. The molecule has 1 atom stereocenters. The average molecular weight is 238 g/mol. The summed E-state index contributed by atoms with van der Waals surface area (Å²) < 4.78 is 0. The first-order chi connectivity index (χ1) is 8.08. The molecule has 1 saturated carbocycles. The number of piperidine rings is 1. The minimum Gasteiger partial charge on any atom is -0.356 e. The number of hydrogen-bond donors (Lipinski definition) is 1. The second-order valence-corrected chi connectivity index (χ2v) is 5.65. The van der Waals surface area contributed by atoms with Crippen LogP contribution in [0.25, 0.3) is 0 Å². The van der Waals surface area contributed by atoms with E-state index >= 15 is 0 Å². The van der Waals surface area contributed by atoms with Crippen LogP contribution in [-0.4, -0.2) is 35.8 Å². The summed E-state index contributed by atoms with van der Waals surface area (Å²) in [6.45, 7) is 5.53. The van der Waals surface area contributed by atoms with E-state index in [1.54, 1.807) is 0 Å². The number of carbonyl (C=O) groups is 2. The zero-order valence-corrected chi connectivity index (χ0v) is 10.7. The lowest BCUT2D eigenvalue weighted by atomic mass is 9.96. The van der Waals surface area contributed by atoms with Crippen molar-refractivity contribution in [3.8, 4) is 0 Å². The van der Waals surface area contributed by atoms with Crippen molar-refractivity contribution in [2.24, 2.45) is 11.8 Å². The molecule has 2 amide bonds. The number of hydrogen-bond acceptors (Lipinski definition) is 2. The normalized spacial score (nSPS) is 25.2. The molecule has 0 aromatic carbocycles. The van der Waals surface area contributed by atoms with Gasteiger partial charge in [-0.1, -0.05) is 13.8 Å². The molecule has 4 nitrogen and oxygen atoms in total. The van der Waals surface area contributed by atoms with Gasteiger partial charge in [-0.3, -0.25) is 9.59 Å². The quantitative estimate of drug-likeness (QED) is 0.799. The Labute approximate surface area is 103 Å². The van der Waals surface area contributed by atoms with Gasteiger partial charge in [-0.2, -0.15) is 0 Å². The van der Waals surface area contributed by atoms with Crippen molar-refractivity contribution >= 4 is 11.8 Å². The van der Waals surface area contributed by atoms with Crippen molar-refractivity contribution in [2.45, 2.75) is 45.6 Å². The minimum atomic E-state index is 0.00653. The summed E-state index contributed by atoms with van der Waals surface area (Å²) in [5.74, 6) is 0.841. The number of nitrogens with zero attached hydrogens (tertiary/aromatic N) is 1. The van der Waals surface area contributed by atoms with Crippen LogP contribution in [-0.2, 0) is 9.59 Å². The van der Waals surface area contributed by atoms with Crippen molar-refractivity contribution < 1.29 is 9.59 Å². The van der Waals surface area contributed by atoms with Crippen LogP contribution in [0.4, 0.5) is 0 Å². The first-order valence-electron chi connectivity index (χ1n) is 6.65. The fraction of sp³-hybridized carbons (Fsp3) is 0.846. The average Bonchev–Trinajstić information content (AvgIpc) is 3.10. The third kappa shape index (κ3) is 3.20. The first kappa shape index (κ1) is 12.4. The minimum absolute atomic E-state index is 0.00653. The third-order valence-corrected chi connectivity index (χ3v) is 3.49. The second-order valence-electron chi connectivity index (χ2n) is 5.65. The summed E-state index contributed by atoms with van der Waals surface area (Å²) in [4.78, 5) is 25.6. The Morgan fingerprint density at radius 2 is 2.12 bits per heavy atom. The summed E-state index contributed by atoms with van der Waals surface area (Å²) >= 11 is 0. The van der Waals surface area contributed by atoms with Crippen LogP contribution in [0.3, 0.4) is 0 Å². The maximum atomic E-state index is 11.9. The lowest BCUT2D eigenvalue weighted by Crippen LogP contribution is -2.47. The molecule has 0 aromatic rings. The molecule has 4 heteroatoms. The van der Waals surface area contributed by atoms with Gasteiger partial charge in [-0.05, 0) is 25.2 Å². The molecule has 0 unspecified atom stereocenters. The highest BCUT2D eigenvalue weighted by Gasteiger charge is 2.38. The zero-order chi connectivity index (χ0) is 12.4. The van der Waals surface area contributed by atoms with E-state index in [1.165, 1.54) is 0 Å². The summed E-state index contributed by atoms with van der Waals surface area (Å²) in [6, 6.07) is 0.434. The molecule has 0 spiro atoms. The van der Waals surface area contributed by atoms with E-state index in [4.69, 9.17) is 0 Å².